The minimum absolute atomic E-state index is 0.120. The summed E-state index contributed by atoms with van der Waals surface area (Å²) in [7, 11) is 0. The van der Waals surface area contributed by atoms with E-state index >= 15 is 0 Å². The molecule has 0 bridgehead atoms. The summed E-state index contributed by atoms with van der Waals surface area (Å²) in [4.78, 5) is 71.2. The quantitative estimate of drug-likeness (QED) is 0.129. The van der Waals surface area contributed by atoms with Gasteiger partial charge in [-0.2, -0.15) is 0 Å². The molecule has 0 spiro atoms. The van der Waals surface area contributed by atoms with Gasteiger partial charge in [0.15, 0.2) is 0 Å². The second kappa shape index (κ2) is 15.1. The van der Waals surface area contributed by atoms with Crippen molar-refractivity contribution in [2.75, 3.05) is 0 Å². The molecule has 47 heavy (non-hydrogen) atoms. The standard InChI is InChI=1S/C30H47N7O10/c1-27(2,3)44-23(38)33-21(31)35(25(40)46-29(7,8)9)16-18-13-19(15-20(14-18)37(42)43)17-36(26(41)47-30(10,11)12)22(32)34-24(39)45-28(4,5)6/h13-15H,16-17H2,1-12H3,(H2,31,33,38)(H2,32,34,39). The van der Waals surface area contributed by atoms with Gasteiger partial charge in [0.25, 0.3) is 5.69 Å². The van der Waals surface area contributed by atoms with Gasteiger partial charge >= 0.3 is 24.4 Å². The van der Waals surface area contributed by atoms with Crippen LogP contribution < -0.4 is 11.5 Å². The average molecular weight is 666 g/mol. The number of ether oxygens (including phenoxy) is 4. The second-order valence-corrected chi connectivity index (χ2v) is 14.3. The lowest BCUT2D eigenvalue weighted by atomic mass is 10.1. The molecule has 0 saturated heterocycles. The molecule has 0 fully saturated rings. The SMILES string of the molecule is CC(C)(C)OC(=O)N=C(N)N(Cc1cc(CN(C(=O)OC(C)(C)C)C(N)=NC(=O)OC(C)(C)C)cc([N+](=O)[O-])c1)C(=O)OC(C)(C)C. The normalized spacial score (nSPS) is 12.9. The molecule has 0 aliphatic rings. The van der Waals surface area contributed by atoms with Crippen molar-refractivity contribution in [3.63, 3.8) is 0 Å². The van der Waals surface area contributed by atoms with Crippen molar-refractivity contribution in [3.8, 4) is 0 Å². The first-order valence-electron chi connectivity index (χ1n) is 14.5. The monoisotopic (exact) mass is 665 g/mol. The molecule has 0 aromatic heterocycles. The highest BCUT2D eigenvalue weighted by Gasteiger charge is 2.30. The third kappa shape index (κ3) is 15.7. The molecule has 4 N–H and O–H groups in total. The number of aliphatic imine (C=N–C) groups is 2. The van der Waals surface area contributed by atoms with Crippen molar-refractivity contribution in [1.29, 1.82) is 0 Å². The molecule has 1 rings (SSSR count). The van der Waals surface area contributed by atoms with E-state index in [9.17, 15) is 29.3 Å². The molecule has 4 amide bonds. The number of nitro groups is 1. The number of nitrogens with zero attached hydrogens (tertiary/aromatic N) is 5. The van der Waals surface area contributed by atoms with Crippen molar-refractivity contribution >= 4 is 42.0 Å². The lowest BCUT2D eigenvalue weighted by Gasteiger charge is -2.28. The predicted molar refractivity (Wildman–Crippen MR) is 172 cm³/mol. The maximum atomic E-state index is 13.2. The molecule has 0 unspecified atom stereocenters. The highest BCUT2D eigenvalue weighted by molar-refractivity contribution is 5.99. The Morgan fingerprint density at radius 2 is 0.936 bits per heavy atom. The predicted octanol–water partition coefficient (Wildman–Crippen LogP) is 5.57. The van der Waals surface area contributed by atoms with Crippen LogP contribution in [0.4, 0.5) is 24.9 Å². The van der Waals surface area contributed by atoms with E-state index in [0.717, 1.165) is 21.9 Å². The van der Waals surface area contributed by atoms with Gasteiger partial charge in [-0.15, -0.1) is 9.98 Å². The van der Waals surface area contributed by atoms with E-state index in [4.69, 9.17) is 30.4 Å². The second-order valence-electron chi connectivity index (χ2n) is 14.3. The average Bonchev–Trinajstić information content (AvgIpc) is 2.80. The molecule has 0 aliphatic carbocycles. The third-order valence-corrected chi connectivity index (χ3v) is 4.91. The molecule has 262 valence electrons. The Morgan fingerprint density at radius 3 is 1.19 bits per heavy atom. The van der Waals surface area contributed by atoms with Gasteiger partial charge in [-0.1, -0.05) is 6.07 Å². The number of carbonyl (C=O) groups is 4. The fourth-order valence-corrected chi connectivity index (χ4v) is 3.39. The fraction of sp³-hybridized carbons (Fsp3) is 0.600. The first kappa shape index (κ1) is 40.1. The number of non-ortho nitro benzene ring substituents is 1. The van der Waals surface area contributed by atoms with Gasteiger partial charge in [0.05, 0.1) is 18.0 Å². The van der Waals surface area contributed by atoms with E-state index in [0.29, 0.717) is 0 Å². The number of hydrogen-bond donors (Lipinski definition) is 2. The molecule has 0 radical (unpaired) electrons. The molecule has 1 aromatic carbocycles. The number of guanidine groups is 2. The van der Waals surface area contributed by atoms with E-state index in [1.807, 2.05) is 0 Å². The number of nitro benzene ring substituents is 1. The fourth-order valence-electron chi connectivity index (χ4n) is 3.39. The number of benzene rings is 1. The molecule has 0 saturated carbocycles. The summed E-state index contributed by atoms with van der Waals surface area (Å²) in [5.41, 5.74) is 8.08. The number of nitrogens with two attached hydrogens (primary N) is 2. The smallest absolute Gasteiger partial charge is 0.437 e. The Bertz CT molecular complexity index is 1320. The summed E-state index contributed by atoms with van der Waals surface area (Å²) < 4.78 is 21.2. The summed E-state index contributed by atoms with van der Waals surface area (Å²) in [6.45, 7) is 18.3. The van der Waals surface area contributed by atoms with Gasteiger partial charge in [-0.3, -0.25) is 10.1 Å². The Labute approximate surface area is 274 Å². The Balaban J connectivity index is 3.71. The molecule has 0 heterocycles. The zero-order valence-electron chi connectivity index (χ0n) is 29.1. The van der Waals surface area contributed by atoms with Crippen LogP contribution in [0.3, 0.4) is 0 Å². The van der Waals surface area contributed by atoms with Crippen molar-refractivity contribution in [2.45, 2.75) is 119 Å². The van der Waals surface area contributed by atoms with Crippen LogP contribution in [0.5, 0.6) is 0 Å². The van der Waals surface area contributed by atoms with Crippen molar-refractivity contribution in [2.24, 2.45) is 21.5 Å². The van der Waals surface area contributed by atoms with Crippen LogP contribution in [-0.4, -0.2) is 73.4 Å². The van der Waals surface area contributed by atoms with Crippen molar-refractivity contribution < 1.29 is 43.0 Å². The van der Waals surface area contributed by atoms with Gasteiger partial charge in [0, 0.05) is 12.1 Å². The van der Waals surface area contributed by atoms with E-state index in [-0.39, 0.29) is 11.1 Å². The number of amides is 4. The number of hydrogen-bond acceptors (Lipinski definition) is 10. The number of rotatable bonds is 5. The van der Waals surface area contributed by atoms with E-state index < -0.39 is 82.4 Å². The Hall–Kier alpha value is -4.96. The lowest BCUT2D eigenvalue weighted by Crippen LogP contribution is -2.45. The van der Waals surface area contributed by atoms with Gasteiger partial charge in [0.2, 0.25) is 11.9 Å². The molecule has 0 atom stereocenters. The van der Waals surface area contributed by atoms with Crippen LogP contribution in [0.25, 0.3) is 0 Å². The van der Waals surface area contributed by atoms with Gasteiger partial charge in [-0.05, 0) is 94.2 Å². The number of carbonyl (C=O) groups excluding carboxylic acids is 4. The van der Waals surface area contributed by atoms with Crippen LogP contribution in [0.15, 0.2) is 28.2 Å². The van der Waals surface area contributed by atoms with Crippen LogP contribution in [0.1, 0.15) is 94.2 Å². The van der Waals surface area contributed by atoms with Crippen LogP contribution in [0, 0.1) is 10.1 Å². The highest BCUT2D eigenvalue weighted by atomic mass is 16.6. The molecular weight excluding hydrogens is 618 g/mol. The van der Waals surface area contributed by atoms with E-state index in [2.05, 4.69) is 9.98 Å². The zero-order valence-corrected chi connectivity index (χ0v) is 29.1. The topological polar surface area (TPSA) is 232 Å². The summed E-state index contributed by atoms with van der Waals surface area (Å²) in [5.74, 6) is -1.21. The van der Waals surface area contributed by atoms with E-state index in [1.54, 1.807) is 83.1 Å². The third-order valence-electron chi connectivity index (χ3n) is 4.91. The summed E-state index contributed by atoms with van der Waals surface area (Å²) in [5, 5.41) is 11.9. The van der Waals surface area contributed by atoms with Crippen LogP contribution >= 0.6 is 0 Å². The summed E-state index contributed by atoms with van der Waals surface area (Å²) >= 11 is 0. The summed E-state index contributed by atoms with van der Waals surface area (Å²) in [6, 6.07) is 3.71. The van der Waals surface area contributed by atoms with Gasteiger partial charge in [-0.25, -0.2) is 29.0 Å². The van der Waals surface area contributed by atoms with E-state index in [1.165, 1.54) is 6.07 Å². The minimum atomic E-state index is -1.09. The largest absolute Gasteiger partial charge is 0.443 e. The maximum absolute atomic E-state index is 13.2. The Morgan fingerprint density at radius 1 is 0.638 bits per heavy atom. The van der Waals surface area contributed by atoms with Crippen molar-refractivity contribution in [3.05, 3.63) is 39.4 Å². The molecular formula is C30H47N7O10. The van der Waals surface area contributed by atoms with Gasteiger partial charge < -0.3 is 30.4 Å². The van der Waals surface area contributed by atoms with Gasteiger partial charge in [0.1, 0.15) is 22.4 Å². The lowest BCUT2D eigenvalue weighted by molar-refractivity contribution is -0.385. The first-order valence-corrected chi connectivity index (χ1v) is 14.5. The zero-order chi connectivity index (χ0) is 36.7. The minimum Gasteiger partial charge on any atom is -0.443 e. The first-order chi connectivity index (χ1) is 21.0. The maximum Gasteiger partial charge on any atom is 0.437 e. The molecule has 17 heteroatoms. The van der Waals surface area contributed by atoms with Crippen molar-refractivity contribution in [1.82, 2.24) is 9.80 Å². The summed E-state index contributed by atoms with van der Waals surface area (Å²) in [6.07, 6.45) is -4.20. The van der Waals surface area contributed by atoms with Crippen LogP contribution in [-0.2, 0) is 32.0 Å². The Kier molecular flexibility index (Phi) is 12.9. The van der Waals surface area contributed by atoms with Crippen LogP contribution in [0.2, 0.25) is 0 Å². The highest BCUT2D eigenvalue weighted by Crippen LogP contribution is 2.23. The molecule has 1 aromatic rings. The molecule has 17 nitrogen and oxygen atoms in total. The molecule has 0 aliphatic heterocycles.